The van der Waals surface area contributed by atoms with Crippen LogP contribution in [-0.4, -0.2) is 41.0 Å². The molecule has 0 bridgehead atoms. The molecule has 3 rings (SSSR count). The Balaban J connectivity index is 1.69. The maximum absolute atomic E-state index is 9.28. The topological polar surface area (TPSA) is 80.4 Å². The van der Waals surface area contributed by atoms with Crippen molar-refractivity contribution in [2.24, 2.45) is 0 Å². The van der Waals surface area contributed by atoms with E-state index in [0.717, 1.165) is 12.1 Å². The molecule has 0 amide bonds. The molecule has 2 atom stereocenters. The predicted octanol–water partition coefficient (Wildman–Crippen LogP) is 1.46. The van der Waals surface area contributed by atoms with E-state index in [1.165, 1.54) is 0 Å². The minimum absolute atomic E-state index is 0.117. The fourth-order valence-corrected chi connectivity index (χ4v) is 2.55. The molecule has 1 aliphatic rings. The summed E-state index contributed by atoms with van der Waals surface area (Å²) in [5.74, 6) is 1.65. The minimum atomic E-state index is 0.117. The molecule has 2 heterocycles. The third-order valence-electron chi connectivity index (χ3n) is 3.65. The number of nitrogens with zero attached hydrogens (tertiary/aromatic N) is 2. The fourth-order valence-electron chi connectivity index (χ4n) is 2.55. The Bertz CT molecular complexity index is 582. The molecule has 1 saturated heterocycles. The largest absolute Gasteiger partial charge is 0.508 e. The van der Waals surface area contributed by atoms with Crippen molar-refractivity contribution in [1.29, 1.82) is 0 Å². The van der Waals surface area contributed by atoms with E-state index in [-0.39, 0.29) is 17.7 Å². The highest BCUT2D eigenvalue weighted by Gasteiger charge is 2.33. The molecule has 2 unspecified atom stereocenters. The molecule has 112 valence electrons. The van der Waals surface area contributed by atoms with Gasteiger partial charge in [0, 0.05) is 12.5 Å². The molecular formula is C15H19N3O3. The maximum atomic E-state index is 9.28. The van der Waals surface area contributed by atoms with E-state index < -0.39 is 0 Å². The van der Waals surface area contributed by atoms with Crippen LogP contribution >= 0.6 is 0 Å². The average Bonchev–Trinajstić information content (AvgIpc) is 3.11. The minimum Gasteiger partial charge on any atom is -0.508 e. The Morgan fingerprint density at radius 1 is 1.29 bits per heavy atom. The van der Waals surface area contributed by atoms with Crippen molar-refractivity contribution in [3.63, 3.8) is 0 Å². The number of nitrogens with one attached hydrogen (secondary N) is 1. The second-order valence-corrected chi connectivity index (χ2v) is 5.20. The summed E-state index contributed by atoms with van der Waals surface area (Å²) in [5.41, 5.74) is 1.03. The van der Waals surface area contributed by atoms with Gasteiger partial charge in [-0.15, -0.1) is 0 Å². The molecule has 0 spiro atoms. The molecule has 1 aliphatic heterocycles. The monoisotopic (exact) mass is 289 g/mol. The Morgan fingerprint density at radius 2 is 2.10 bits per heavy atom. The van der Waals surface area contributed by atoms with E-state index in [1.54, 1.807) is 12.1 Å². The van der Waals surface area contributed by atoms with Crippen molar-refractivity contribution < 1.29 is 14.4 Å². The van der Waals surface area contributed by atoms with Gasteiger partial charge in [0.05, 0.1) is 19.1 Å². The van der Waals surface area contributed by atoms with Gasteiger partial charge in [-0.05, 0) is 24.2 Å². The number of hydrogen-bond donors (Lipinski definition) is 2. The second kappa shape index (κ2) is 6.24. The standard InChI is InChI=1S/C15H19N3O3/c1-2-16-13-9-20-8-12(13)15-17-14(18-21-15)7-10-3-5-11(19)6-4-10/h3-6,12-13,16,19H,2,7-9H2,1H3. The summed E-state index contributed by atoms with van der Waals surface area (Å²) < 4.78 is 10.9. The van der Waals surface area contributed by atoms with E-state index in [2.05, 4.69) is 22.4 Å². The second-order valence-electron chi connectivity index (χ2n) is 5.20. The van der Waals surface area contributed by atoms with Crippen LogP contribution in [0.4, 0.5) is 0 Å². The number of ether oxygens (including phenoxy) is 1. The van der Waals surface area contributed by atoms with E-state index in [4.69, 9.17) is 9.26 Å². The summed E-state index contributed by atoms with van der Waals surface area (Å²) in [7, 11) is 0. The normalized spacial score (nSPS) is 21.8. The Morgan fingerprint density at radius 3 is 2.86 bits per heavy atom. The Hall–Kier alpha value is -1.92. The molecule has 1 aromatic carbocycles. The maximum Gasteiger partial charge on any atom is 0.233 e. The zero-order valence-electron chi connectivity index (χ0n) is 12.0. The highest BCUT2D eigenvalue weighted by Crippen LogP contribution is 2.24. The molecule has 0 saturated carbocycles. The number of phenolic OH excluding ortho intramolecular Hbond substituents is 1. The molecule has 6 heteroatoms. The molecule has 1 fully saturated rings. The molecule has 6 nitrogen and oxygen atoms in total. The fraction of sp³-hybridized carbons (Fsp3) is 0.467. The summed E-state index contributed by atoms with van der Waals surface area (Å²) in [6, 6.07) is 7.25. The summed E-state index contributed by atoms with van der Waals surface area (Å²) in [5, 5.41) is 16.7. The van der Waals surface area contributed by atoms with Crippen LogP contribution in [0.25, 0.3) is 0 Å². The van der Waals surface area contributed by atoms with Gasteiger partial charge in [-0.2, -0.15) is 4.98 Å². The number of benzene rings is 1. The van der Waals surface area contributed by atoms with Crippen molar-refractivity contribution >= 4 is 0 Å². The number of likely N-dealkylation sites (N-methyl/N-ethyl adjacent to an activating group) is 1. The lowest BCUT2D eigenvalue weighted by molar-refractivity contribution is 0.185. The van der Waals surface area contributed by atoms with Crippen LogP contribution < -0.4 is 5.32 Å². The number of aromatic hydroxyl groups is 1. The first-order chi connectivity index (χ1) is 10.3. The highest BCUT2D eigenvalue weighted by molar-refractivity contribution is 5.27. The van der Waals surface area contributed by atoms with Crippen LogP contribution in [-0.2, 0) is 11.2 Å². The first-order valence-electron chi connectivity index (χ1n) is 7.17. The lowest BCUT2D eigenvalue weighted by Crippen LogP contribution is -2.34. The van der Waals surface area contributed by atoms with Crippen molar-refractivity contribution in [3.05, 3.63) is 41.5 Å². The van der Waals surface area contributed by atoms with E-state index in [0.29, 0.717) is 31.3 Å². The van der Waals surface area contributed by atoms with Crippen LogP contribution in [0.3, 0.4) is 0 Å². The third-order valence-corrected chi connectivity index (χ3v) is 3.65. The summed E-state index contributed by atoms with van der Waals surface area (Å²) in [4.78, 5) is 4.48. The lowest BCUT2D eigenvalue weighted by Gasteiger charge is -2.13. The number of hydrogen-bond acceptors (Lipinski definition) is 6. The molecular weight excluding hydrogens is 270 g/mol. The van der Waals surface area contributed by atoms with Crippen molar-refractivity contribution in [2.75, 3.05) is 19.8 Å². The zero-order valence-corrected chi connectivity index (χ0v) is 12.0. The quantitative estimate of drug-likeness (QED) is 0.867. The van der Waals surface area contributed by atoms with Gasteiger partial charge in [0.25, 0.3) is 0 Å². The van der Waals surface area contributed by atoms with Gasteiger partial charge in [-0.1, -0.05) is 24.2 Å². The Kier molecular flexibility index (Phi) is 4.17. The van der Waals surface area contributed by atoms with Crippen molar-refractivity contribution in [3.8, 4) is 5.75 Å². The van der Waals surface area contributed by atoms with Crippen LogP contribution in [0.2, 0.25) is 0 Å². The molecule has 21 heavy (non-hydrogen) atoms. The van der Waals surface area contributed by atoms with Crippen LogP contribution in [0.15, 0.2) is 28.8 Å². The van der Waals surface area contributed by atoms with Gasteiger partial charge >= 0.3 is 0 Å². The van der Waals surface area contributed by atoms with Crippen LogP contribution in [0, 0.1) is 0 Å². The smallest absolute Gasteiger partial charge is 0.233 e. The Labute approximate surface area is 123 Å². The van der Waals surface area contributed by atoms with Crippen molar-refractivity contribution in [1.82, 2.24) is 15.5 Å². The first-order valence-corrected chi connectivity index (χ1v) is 7.17. The number of aromatic nitrogens is 2. The van der Waals surface area contributed by atoms with Gasteiger partial charge < -0.3 is 19.7 Å². The molecule has 0 radical (unpaired) electrons. The summed E-state index contributed by atoms with van der Waals surface area (Å²) in [6.07, 6.45) is 0.587. The molecule has 1 aromatic heterocycles. The molecule has 2 aromatic rings. The van der Waals surface area contributed by atoms with E-state index >= 15 is 0 Å². The SMILES string of the molecule is CCNC1COCC1c1nc(Cc2ccc(O)cc2)no1. The van der Waals surface area contributed by atoms with Gasteiger partial charge in [-0.25, -0.2) is 0 Å². The van der Waals surface area contributed by atoms with Crippen LogP contribution in [0.5, 0.6) is 5.75 Å². The highest BCUT2D eigenvalue weighted by atomic mass is 16.5. The lowest BCUT2D eigenvalue weighted by atomic mass is 10.0. The average molecular weight is 289 g/mol. The molecule has 2 N–H and O–H groups in total. The third kappa shape index (κ3) is 3.22. The van der Waals surface area contributed by atoms with Gasteiger partial charge in [0.1, 0.15) is 5.75 Å². The van der Waals surface area contributed by atoms with Crippen molar-refractivity contribution in [2.45, 2.75) is 25.3 Å². The summed E-state index contributed by atoms with van der Waals surface area (Å²) in [6.45, 7) is 4.24. The summed E-state index contributed by atoms with van der Waals surface area (Å²) >= 11 is 0. The number of rotatable bonds is 5. The van der Waals surface area contributed by atoms with Crippen LogP contribution in [0.1, 0.15) is 30.1 Å². The number of phenols is 1. The van der Waals surface area contributed by atoms with Gasteiger partial charge in [0.2, 0.25) is 5.89 Å². The van der Waals surface area contributed by atoms with Gasteiger partial charge in [0.15, 0.2) is 5.82 Å². The van der Waals surface area contributed by atoms with Gasteiger partial charge in [-0.3, -0.25) is 0 Å². The predicted molar refractivity (Wildman–Crippen MR) is 76.2 cm³/mol. The zero-order chi connectivity index (χ0) is 14.7. The van der Waals surface area contributed by atoms with E-state index in [1.807, 2.05) is 12.1 Å². The van der Waals surface area contributed by atoms with E-state index in [9.17, 15) is 5.11 Å². The first kappa shape index (κ1) is 14.0. The molecule has 0 aliphatic carbocycles.